The van der Waals surface area contributed by atoms with Crippen LogP contribution in [0.5, 0.6) is 0 Å². The van der Waals surface area contributed by atoms with Crippen LogP contribution in [0.1, 0.15) is 0 Å². The van der Waals surface area contributed by atoms with Crippen molar-refractivity contribution in [3.8, 4) is 0 Å². The normalized spacial score (nSPS) is 11.6. The summed E-state index contributed by atoms with van der Waals surface area (Å²) in [6.45, 7) is 5.49. The predicted molar refractivity (Wildman–Crippen MR) is 45.4 cm³/mol. The van der Waals surface area contributed by atoms with Gasteiger partial charge in [-0.15, -0.1) is 20.3 Å². The van der Waals surface area contributed by atoms with Crippen LogP contribution in [-0.2, 0) is 0 Å². The Hall–Kier alpha value is 0.190. The lowest BCUT2D eigenvalue weighted by molar-refractivity contribution is 1.64. The summed E-state index contributed by atoms with van der Waals surface area (Å²) in [5, 5.41) is 1.96. The van der Waals surface area contributed by atoms with Gasteiger partial charge in [0.2, 0.25) is 0 Å². The third kappa shape index (κ3) is 6.19. The fourth-order valence-corrected chi connectivity index (χ4v) is 1.44. The minimum absolute atomic E-state index is 1.02. The molecule has 0 N–H and O–H groups in total. The van der Waals surface area contributed by atoms with E-state index in [4.69, 9.17) is 0 Å². The number of hydrogen-bond acceptors (Lipinski definition) is 2. The van der Waals surface area contributed by atoms with E-state index in [1.807, 2.05) is 5.41 Å². The molecule has 8 heavy (non-hydrogen) atoms. The highest BCUT2D eigenvalue weighted by atomic mass is 32.2. The van der Waals surface area contributed by atoms with Gasteiger partial charge in [-0.3, -0.25) is 4.99 Å². The Morgan fingerprint density at radius 3 is 3.12 bits per heavy atom. The Balaban J connectivity index is 2.91. The highest BCUT2D eigenvalue weighted by molar-refractivity contribution is 8.05. The molecule has 0 aliphatic heterocycles. The molecule has 0 aliphatic carbocycles. The molecule has 0 fully saturated rings. The molecule has 0 amide bonds. The van der Waals surface area contributed by atoms with E-state index in [1.165, 1.54) is 5.49 Å². The molecule has 1 atom stereocenters. The van der Waals surface area contributed by atoms with E-state index in [1.54, 1.807) is 18.0 Å². The third-order valence-electron chi connectivity index (χ3n) is 0.490. The van der Waals surface area contributed by atoms with Gasteiger partial charge in [0.25, 0.3) is 0 Å². The standard InChI is InChI=1S/C5H10NPS/c1-6-3-4-8-5-7-2/h3-4,7H,1,5H2,2H3/b4-3-. The number of hydrogen-bond donors (Lipinski definition) is 0. The fourth-order valence-electron chi connectivity index (χ4n) is 0.218. The Kier molecular flexibility index (Phi) is 7.36. The van der Waals surface area contributed by atoms with Crippen molar-refractivity contribution in [2.45, 2.75) is 0 Å². The van der Waals surface area contributed by atoms with Gasteiger partial charge in [-0.05, 0) is 18.8 Å². The van der Waals surface area contributed by atoms with Gasteiger partial charge in [-0.25, -0.2) is 0 Å². The van der Waals surface area contributed by atoms with Crippen molar-refractivity contribution >= 4 is 27.1 Å². The molecule has 0 radical (unpaired) electrons. The molecular weight excluding hydrogens is 137 g/mol. The average molecular weight is 147 g/mol. The van der Waals surface area contributed by atoms with E-state index in [2.05, 4.69) is 18.4 Å². The van der Waals surface area contributed by atoms with Crippen LogP contribution in [0.3, 0.4) is 0 Å². The first-order valence-electron chi connectivity index (χ1n) is 2.29. The summed E-state index contributed by atoms with van der Waals surface area (Å²) in [6, 6.07) is 0. The highest BCUT2D eigenvalue weighted by Crippen LogP contribution is 2.14. The molecule has 0 spiro atoms. The SMILES string of the molecule is C=N/C=C\SCPC. The van der Waals surface area contributed by atoms with E-state index < -0.39 is 0 Å². The summed E-state index contributed by atoms with van der Waals surface area (Å²) in [5.74, 6) is 0. The van der Waals surface area contributed by atoms with Crippen LogP contribution in [0.15, 0.2) is 16.6 Å². The van der Waals surface area contributed by atoms with Gasteiger partial charge in [-0.2, -0.15) is 0 Å². The molecule has 1 unspecified atom stereocenters. The van der Waals surface area contributed by atoms with Crippen LogP contribution < -0.4 is 0 Å². The summed E-state index contributed by atoms with van der Waals surface area (Å²) in [6.07, 6.45) is 1.71. The first-order valence-corrected chi connectivity index (χ1v) is 5.04. The zero-order valence-corrected chi connectivity index (χ0v) is 6.74. The van der Waals surface area contributed by atoms with Gasteiger partial charge in [0.05, 0.1) is 0 Å². The summed E-state index contributed by atoms with van der Waals surface area (Å²) >= 11 is 1.78. The lowest BCUT2D eigenvalue weighted by atomic mass is 11.1. The average Bonchev–Trinajstić information content (AvgIpc) is 1.81. The van der Waals surface area contributed by atoms with Crippen molar-refractivity contribution in [1.82, 2.24) is 0 Å². The van der Waals surface area contributed by atoms with Gasteiger partial charge >= 0.3 is 0 Å². The molecule has 3 heteroatoms. The maximum atomic E-state index is 3.56. The van der Waals surface area contributed by atoms with Crippen LogP contribution in [0.4, 0.5) is 0 Å². The summed E-state index contributed by atoms with van der Waals surface area (Å²) in [7, 11) is 1.02. The molecule has 0 aromatic rings. The van der Waals surface area contributed by atoms with Crippen LogP contribution in [-0.4, -0.2) is 18.9 Å². The quantitative estimate of drug-likeness (QED) is 0.337. The molecule has 1 nitrogen and oxygen atoms in total. The summed E-state index contributed by atoms with van der Waals surface area (Å²) in [4.78, 5) is 3.56. The highest BCUT2D eigenvalue weighted by Gasteiger charge is 1.73. The molecule has 0 aromatic carbocycles. The lowest BCUT2D eigenvalue weighted by Gasteiger charge is -1.84. The van der Waals surface area contributed by atoms with Gasteiger partial charge in [0.15, 0.2) is 0 Å². The first-order chi connectivity index (χ1) is 3.91. The Bertz CT molecular complexity index is 82.5. The number of thioether (sulfide) groups is 1. The largest absolute Gasteiger partial charge is 0.272 e. The van der Waals surface area contributed by atoms with Crippen molar-refractivity contribution in [1.29, 1.82) is 0 Å². The molecule has 0 saturated carbocycles. The van der Waals surface area contributed by atoms with E-state index in [0.29, 0.717) is 0 Å². The smallest absolute Gasteiger partial charge is 0.0323 e. The van der Waals surface area contributed by atoms with Crippen LogP contribution in [0.25, 0.3) is 0 Å². The fraction of sp³-hybridized carbons (Fsp3) is 0.400. The molecule has 0 saturated heterocycles. The minimum Gasteiger partial charge on any atom is -0.272 e. The second-order valence-corrected chi connectivity index (χ2v) is 3.60. The van der Waals surface area contributed by atoms with Crippen LogP contribution in [0, 0.1) is 0 Å². The third-order valence-corrected chi connectivity index (χ3v) is 2.63. The van der Waals surface area contributed by atoms with Gasteiger partial charge in [0.1, 0.15) is 0 Å². The van der Waals surface area contributed by atoms with E-state index in [-0.39, 0.29) is 0 Å². The van der Waals surface area contributed by atoms with E-state index >= 15 is 0 Å². The summed E-state index contributed by atoms with van der Waals surface area (Å²) < 4.78 is 0. The molecule has 0 bridgehead atoms. The summed E-state index contributed by atoms with van der Waals surface area (Å²) in [5.41, 5.74) is 1.20. The first kappa shape index (κ1) is 8.19. The van der Waals surface area contributed by atoms with E-state index in [0.717, 1.165) is 8.58 Å². The van der Waals surface area contributed by atoms with Crippen molar-refractivity contribution in [3.05, 3.63) is 11.6 Å². The van der Waals surface area contributed by atoms with Gasteiger partial charge < -0.3 is 0 Å². The van der Waals surface area contributed by atoms with Crippen molar-refractivity contribution in [3.63, 3.8) is 0 Å². The molecule has 46 valence electrons. The van der Waals surface area contributed by atoms with Crippen LogP contribution in [0.2, 0.25) is 0 Å². The topological polar surface area (TPSA) is 12.4 Å². The Morgan fingerprint density at radius 1 is 1.88 bits per heavy atom. The molecule has 0 aromatic heterocycles. The van der Waals surface area contributed by atoms with Gasteiger partial charge in [-0.1, -0.05) is 0 Å². The van der Waals surface area contributed by atoms with Crippen molar-refractivity contribution in [2.24, 2.45) is 4.99 Å². The lowest BCUT2D eigenvalue weighted by Crippen LogP contribution is -1.55. The minimum atomic E-state index is 1.02. The number of rotatable bonds is 4. The van der Waals surface area contributed by atoms with Gasteiger partial charge in [0, 0.05) is 11.7 Å². The molecular formula is C5H10NPS. The number of aliphatic imine (C=N–C) groups is 1. The Morgan fingerprint density at radius 2 is 2.62 bits per heavy atom. The number of nitrogens with zero attached hydrogens (tertiary/aromatic N) is 1. The molecule has 0 aliphatic rings. The molecule has 0 rings (SSSR count). The Labute approximate surface area is 56.4 Å². The zero-order valence-electron chi connectivity index (χ0n) is 4.92. The van der Waals surface area contributed by atoms with Crippen molar-refractivity contribution < 1.29 is 0 Å². The zero-order chi connectivity index (χ0) is 6.24. The van der Waals surface area contributed by atoms with Crippen LogP contribution >= 0.6 is 20.3 Å². The predicted octanol–water partition coefficient (Wildman–Crippen LogP) is 2.16. The van der Waals surface area contributed by atoms with E-state index in [9.17, 15) is 0 Å². The maximum absolute atomic E-state index is 3.56. The second-order valence-electron chi connectivity index (χ2n) is 1.13. The monoisotopic (exact) mass is 147 g/mol. The van der Waals surface area contributed by atoms with Crippen molar-refractivity contribution in [2.75, 3.05) is 12.2 Å². The second kappa shape index (κ2) is 7.19. The molecule has 0 heterocycles. The maximum Gasteiger partial charge on any atom is 0.0323 e.